The van der Waals surface area contributed by atoms with Crippen molar-refractivity contribution in [3.8, 4) is 0 Å². The zero-order valence-corrected chi connectivity index (χ0v) is 7.09. The highest BCUT2D eigenvalue weighted by Crippen LogP contribution is 2.53. The van der Waals surface area contributed by atoms with Crippen molar-refractivity contribution in [3.63, 3.8) is 0 Å². The van der Waals surface area contributed by atoms with Gasteiger partial charge in [0.1, 0.15) is 6.29 Å². The molecule has 0 aromatic rings. The molecule has 0 amide bonds. The summed E-state index contributed by atoms with van der Waals surface area (Å²) in [6, 6.07) is 0. The highest BCUT2D eigenvalue weighted by Gasteiger charge is 2.81. The minimum atomic E-state index is -6.92. The van der Waals surface area contributed by atoms with Gasteiger partial charge in [0, 0.05) is 0 Å². The van der Waals surface area contributed by atoms with Crippen molar-refractivity contribution >= 4 is 6.29 Å². The van der Waals surface area contributed by atoms with Gasteiger partial charge in [-0.2, -0.15) is 39.5 Å². The van der Waals surface area contributed by atoms with Gasteiger partial charge in [-0.25, -0.2) is 0 Å². The van der Waals surface area contributed by atoms with Crippen LogP contribution >= 0.6 is 0 Å². The molecule has 10 heteroatoms. The van der Waals surface area contributed by atoms with Crippen LogP contribution in [0.4, 0.5) is 39.5 Å². The first-order valence-electron chi connectivity index (χ1n) is 3.45. The second-order valence-corrected chi connectivity index (χ2v) is 2.72. The summed E-state index contributed by atoms with van der Waals surface area (Å²) in [6.45, 7) is 0. The zero-order valence-electron chi connectivity index (χ0n) is 7.09. The molecule has 0 saturated heterocycles. The molecule has 0 bridgehead atoms. The second-order valence-electron chi connectivity index (χ2n) is 2.72. The molecule has 1 nitrogen and oxygen atoms in total. The number of hydrogen-bond donors (Lipinski definition) is 0. The lowest BCUT2D eigenvalue weighted by molar-refractivity contribution is -0.395. The smallest absolute Gasteiger partial charge is 0.303 e. The molecule has 0 aromatic carbocycles. The molecule has 0 aromatic heterocycles. The van der Waals surface area contributed by atoms with Crippen LogP contribution in [0.15, 0.2) is 0 Å². The van der Waals surface area contributed by atoms with Gasteiger partial charge in [-0.1, -0.05) is 0 Å². The first-order valence-corrected chi connectivity index (χ1v) is 3.45. The Kier molecular flexibility index (Phi) is 3.58. The first-order chi connectivity index (χ1) is 6.81. The monoisotopic (exact) mass is 262 g/mol. The van der Waals surface area contributed by atoms with E-state index in [1.54, 1.807) is 0 Å². The van der Waals surface area contributed by atoms with Gasteiger partial charge >= 0.3 is 23.9 Å². The number of hydrogen-bond acceptors (Lipinski definition) is 1. The van der Waals surface area contributed by atoms with Crippen LogP contribution in [0.3, 0.4) is 0 Å². The lowest BCUT2D eigenvalue weighted by Gasteiger charge is -2.32. The lowest BCUT2D eigenvalue weighted by atomic mass is 10.0. The van der Waals surface area contributed by atoms with Gasteiger partial charge in [0.05, 0.1) is 6.42 Å². The van der Waals surface area contributed by atoms with Gasteiger partial charge < -0.3 is 4.79 Å². The number of alkyl halides is 9. The van der Waals surface area contributed by atoms with E-state index < -0.39 is 36.7 Å². The summed E-state index contributed by atoms with van der Waals surface area (Å²) in [5.74, 6) is -19.4. The molecule has 0 aliphatic heterocycles. The highest BCUT2D eigenvalue weighted by atomic mass is 19.4. The van der Waals surface area contributed by atoms with Crippen molar-refractivity contribution in [3.05, 3.63) is 0 Å². The molecule has 16 heavy (non-hydrogen) atoms. The van der Waals surface area contributed by atoms with E-state index in [2.05, 4.69) is 0 Å². The van der Waals surface area contributed by atoms with Crippen LogP contribution in [0.25, 0.3) is 0 Å². The van der Waals surface area contributed by atoms with E-state index in [1.807, 2.05) is 0 Å². The Morgan fingerprint density at radius 3 is 1.38 bits per heavy atom. The van der Waals surface area contributed by atoms with Crippen LogP contribution in [0.1, 0.15) is 6.42 Å². The topological polar surface area (TPSA) is 17.1 Å². The summed E-state index contributed by atoms with van der Waals surface area (Å²) in [5.41, 5.74) is 0. The molecular weight excluding hydrogens is 259 g/mol. The Morgan fingerprint density at radius 2 is 1.12 bits per heavy atom. The van der Waals surface area contributed by atoms with E-state index in [0.717, 1.165) is 0 Å². The number of carbonyl (C=O) groups is 1. The predicted molar refractivity (Wildman–Crippen MR) is 31.6 cm³/mol. The molecule has 0 atom stereocenters. The summed E-state index contributed by atoms with van der Waals surface area (Å²) < 4.78 is 108. The quantitative estimate of drug-likeness (QED) is 0.562. The molecule has 0 spiro atoms. The second kappa shape index (κ2) is 3.81. The average molecular weight is 262 g/mol. The van der Waals surface area contributed by atoms with E-state index in [9.17, 15) is 44.3 Å². The molecule has 0 unspecified atom stereocenters. The van der Waals surface area contributed by atoms with Crippen molar-refractivity contribution in [1.29, 1.82) is 0 Å². The van der Waals surface area contributed by atoms with Crippen LogP contribution in [0, 0.1) is 0 Å². The normalized spacial score (nSPS) is 15.1. The van der Waals surface area contributed by atoms with Crippen LogP contribution in [-0.2, 0) is 4.79 Å². The van der Waals surface area contributed by atoms with Crippen LogP contribution < -0.4 is 0 Å². The van der Waals surface area contributed by atoms with Gasteiger partial charge in [0.2, 0.25) is 0 Å². The molecule has 0 N–H and O–H groups in total. The summed E-state index contributed by atoms with van der Waals surface area (Å²) in [4.78, 5) is 9.50. The molecule has 0 aliphatic rings. The maximum atomic E-state index is 12.3. The van der Waals surface area contributed by atoms with Crippen molar-refractivity contribution in [2.24, 2.45) is 0 Å². The van der Waals surface area contributed by atoms with E-state index in [-0.39, 0.29) is 0 Å². The third kappa shape index (κ3) is 2.09. The minimum Gasteiger partial charge on any atom is -0.303 e. The largest absolute Gasteiger partial charge is 0.460 e. The maximum absolute atomic E-state index is 12.3. The lowest BCUT2D eigenvalue weighted by Crippen LogP contribution is -2.60. The van der Waals surface area contributed by atoms with Crippen molar-refractivity contribution in [1.82, 2.24) is 0 Å². The first kappa shape index (κ1) is 15.0. The van der Waals surface area contributed by atoms with Crippen LogP contribution in [0.5, 0.6) is 0 Å². The van der Waals surface area contributed by atoms with Gasteiger partial charge in [-0.3, -0.25) is 0 Å². The molecule has 0 radical (unpaired) electrons. The number of aldehydes is 1. The van der Waals surface area contributed by atoms with Crippen molar-refractivity contribution in [2.45, 2.75) is 30.4 Å². The van der Waals surface area contributed by atoms with E-state index >= 15 is 0 Å². The van der Waals surface area contributed by atoms with Crippen LogP contribution in [-0.4, -0.2) is 30.2 Å². The zero-order chi connectivity index (χ0) is 13.4. The number of carbonyl (C=O) groups excluding carboxylic acids is 1. The van der Waals surface area contributed by atoms with Crippen molar-refractivity contribution < 1.29 is 44.3 Å². The Hall–Kier alpha value is -0.960. The molecule has 0 aliphatic carbocycles. The Balaban J connectivity index is 5.42. The third-order valence-electron chi connectivity index (χ3n) is 1.55. The highest BCUT2D eigenvalue weighted by molar-refractivity contribution is 5.51. The molecule has 96 valence electrons. The van der Waals surface area contributed by atoms with E-state index in [1.165, 1.54) is 0 Å². The van der Waals surface area contributed by atoms with Gasteiger partial charge in [-0.15, -0.1) is 0 Å². The Bertz CT molecular complexity index is 266. The van der Waals surface area contributed by atoms with Gasteiger partial charge in [-0.05, 0) is 0 Å². The number of rotatable bonds is 4. The van der Waals surface area contributed by atoms with Crippen LogP contribution in [0.2, 0.25) is 0 Å². The molecular formula is C6H3F9O. The van der Waals surface area contributed by atoms with Gasteiger partial charge in [0.15, 0.2) is 0 Å². The summed E-state index contributed by atoms with van der Waals surface area (Å²) in [5, 5.41) is 0. The molecule has 0 rings (SSSR count). The molecule has 0 heterocycles. The minimum absolute atomic E-state index is 0.875. The maximum Gasteiger partial charge on any atom is 0.460 e. The Morgan fingerprint density at radius 1 is 0.750 bits per heavy atom. The number of halogens is 9. The van der Waals surface area contributed by atoms with Crippen molar-refractivity contribution in [2.75, 3.05) is 0 Å². The Labute approximate surface area is 82.2 Å². The van der Waals surface area contributed by atoms with Gasteiger partial charge in [0.25, 0.3) is 0 Å². The molecule has 0 fully saturated rings. The SMILES string of the molecule is O=CCC(F)(F)C(F)(F)C(F)(F)C(F)(F)F. The fraction of sp³-hybridized carbons (Fsp3) is 0.833. The molecule has 0 saturated carbocycles. The van der Waals surface area contributed by atoms with E-state index in [0.29, 0.717) is 0 Å². The fourth-order valence-corrected chi connectivity index (χ4v) is 0.641. The fourth-order valence-electron chi connectivity index (χ4n) is 0.641. The summed E-state index contributed by atoms with van der Waals surface area (Å²) >= 11 is 0. The van der Waals surface area contributed by atoms with E-state index in [4.69, 9.17) is 0 Å². The average Bonchev–Trinajstić information content (AvgIpc) is 2.01. The standard InChI is InChI=1S/C6H3F9O/c7-3(8,1-2-16)4(9,10)5(11,12)6(13,14)15/h2H,1H2. The summed E-state index contributed by atoms with van der Waals surface area (Å²) in [6.07, 6.45) is -10.2. The summed E-state index contributed by atoms with van der Waals surface area (Å²) in [7, 11) is 0. The third-order valence-corrected chi connectivity index (χ3v) is 1.55. The predicted octanol–water partition coefficient (Wildman–Crippen LogP) is 3.04.